The van der Waals surface area contributed by atoms with Gasteiger partial charge in [-0.15, -0.1) is 0 Å². The molecule has 9 nitrogen and oxygen atoms in total. The summed E-state index contributed by atoms with van der Waals surface area (Å²) in [6.45, 7) is 0. The van der Waals surface area contributed by atoms with Crippen molar-refractivity contribution in [3.05, 3.63) is 117 Å². The monoisotopic (exact) mass is 441 g/mol. The molecule has 0 aliphatic carbocycles. The molecule has 3 aromatic rings. The van der Waals surface area contributed by atoms with Crippen LogP contribution in [0.2, 0.25) is 0 Å². The largest absolute Gasteiger partial charge is 0.277 e. The zero-order valence-electron chi connectivity index (χ0n) is 17.3. The molecule has 2 N–H and O–H groups in total. The topological polar surface area (TPSA) is 126 Å². The summed E-state index contributed by atoms with van der Waals surface area (Å²) in [5.41, 5.74) is 6.17. The van der Waals surface area contributed by atoms with E-state index in [0.717, 1.165) is 11.1 Å². The Labute approximate surface area is 189 Å². The second-order valence-electron chi connectivity index (χ2n) is 6.63. The van der Waals surface area contributed by atoms with Crippen molar-refractivity contribution in [1.29, 1.82) is 0 Å². The third-order valence-corrected chi connectivity index (χ3v) is 4.26. The Morgan fingerprint density at radius 1 is 0.697 bits per heavy atom. The number of carbonyl (C=O) groups excluding carboxylic acids is 2. The molecule has 0 aliphatic heterocycles. The molecule has 3 aromatic carbocycles. The van der Waals surface area contributed by atoms with Crippen LogP contribution < -0.4 is 10.9 Å². The van der Waals surface area contributed by atoms with E-state index in [4.69, 9.17) is 0 Å². The Hall–Kier alpha value is -4.92. The quantitative estimate of drug-likeness (QED) is 0.139. The Kier molecular flexibility index (Phi) is 7.91. The van der Waals surface area contributed by atoms with Gasteiger partial charge in [0, 0.05) is 12.1 Å². The van der Waals surface area contributed by atoms with Gasteiger partial charge in [-0.25, -0.2) is 10.9 Å². The average molecular weight is 441 g/mol. The summed E-state index contributed by atoms with van der Waals surface area (Å²) >= 11 is 0. The molecule has 3 rings (SSSR count). The minimum Gasteiger partial charge on any atom is -0.267 e. The second kappa shape index (κ2) is 11.5. The molecular weight excluding hydrogens is 422 g/mol. The fraction of sp³-hybridized carbons (Fsp3) is 0. The van der Waals surface area contributed by atoms with Crippen molar-refractivity contribution in [3.8, 4) is 0 Å². The Bertz CT molecular complexity index is 1140. The van der Waals surface area contributed by atoms with Crippen molar-refractivity contribution >= 4 is 36.0 Å². The molecule has 0 bridgehead atoms. The molecule has 0 fully saturated rings. The first-order chi connectivity index (χ1) is 16.0. The molecule has 9 heteroatoms. The maximum atomic E-state index is 12.7. The van der Waals surface area contributed by atoms with E-state index in [1.807, 2.05) is 36.4 Å². The molecule has 0 unspecified atom stereocenters. The highest BCUT2D eigenvalue weighted by Gasteiger charge is 2.18. The van der Waals surface area contributed by atoms with Gasteiger partial charge in [0.2, 0.25) is 0 Å². The first kappa shape index (κ1) is 22.8. The molecule has 0 aromatic heterocycles. The van der Waals surface area contributed by atoms with Gasteiger partial charge >= 0.3 is 0 Å². The standard InChI is InChI=1S/C24H19N5O4/c30-23(27-25-16-19-7-3-1-4-8-19)22(15-18-11-13-21(14-12-18)29(32)33)24(31)28-26-17-20-9-5-2-6-10-20/h1-17H,(H,27,30)(H,28,31)/b25-16-,26-17-. The number of amides is 2. The summed E-state index contributed by atoms with van der Waals surface area (Å²) in [4.78, 5) is 35.7. The average Bonchev–Trinajstić information content (AvgIpc) is 2.84. The molecule has 0 aliphatic rings. The number of non-ortho nitro benzene ring substituents is 1. The fourth-order valence-corrected chi connectivity index (χ4v) is 2.62. The van der Waals surface area contributed by atoms with Crippen LogP contribution in [0.4, 0.5) is 5.69 Å². The van der Waals surface area contributed by atoms with Gasteiger partial charge in [-0.05, 0) is 34.9 Å². The Morgan fingerprint density at radius 3 is 1.58 bits per heavy atom. The number of rotatable bonds is 8. The van der Waals surface area contributed by atoms with Crippen LogP contribution in [-0.4, -0.2) is 29.2 Å². The van der Waals surface area contributed by atoms with Crippen molar-refractivity contribution in [3.63, 3.8) is 0 Å². The van der Waals surface area contributed by atoms with Crippen LogP contribution in [0.5, 0.6) is 0 Å². The number of carbonyl (C=O) groups is 2. The van der Waals surface area contributed by atoms with Gasteiger partial charge in [0.15, 0.2) is 0 Å². The summed E-state index contributed by atoms with van der Waals surface area (Å²) in [6, 6.07) is 23.6. The van der Waals surface area contributed by atoms with E-state index >= 15 is 0 Å². The number of benzene rings is 3. The molecule has 0 radical (unpaired) electrons. The lowest BCUT2D eigenvalue weighted by Gasteiger charge is -2.05. The van der Waals surface area contributed by atoms with Crippen molar-refractivity contribution in [2.45, 2.75) is 0 Å². The molecule has 0 atom stereocenters. The van der Waals surface area contributed by atoms with E-state index in [9.17, 15) is 19.7 Å². The smallest absolute Gasteiger partial charge is 0.267 e. The van der Waals surface area contributed by atoms with Crippen molar-refractivity contribution in [2.24, 2.45) is 10.2 Å². The molecule has 0 saturated carbocycles. The summed E-state index contributed by atoms with van der Waals surface area (Å²) in [5, 5.41) is 18.6. The van der Waals surface area contributed by atoms with Crippen LogP contribution in [0, 0.1) is 10.1 Å². The number of nitrogens with one attached hydrogen (secondary N) is 2. The Morgan fingerprint density at radius 2 is 1.15 bits per heavy atom. The van der Waals surface area contributed by atoms with E-state index in [1.54, 1.807) is 24.3 Å². The van der Waals surface area contributed by atoms with Crippen LogP contribution in [0.15, 0.2) is 101 Å². The van der Waals surface area contributed by atoms with Crippen LogP contribution in [-0.2, 0) is 9.59 Å². The highest BCUT2D eigenvalue weighted by Crippen LogP contribution is 2.15. The minimum atomic E-state index is -0.770. The maximum absolute atomic E-state index is 12.7. The fourth-order valence-electron chi connectivity index (χ4n) is 2.62. The number of hydrogen-bond donors (Lipinski definition) is 2. The third-order valence-electron chi connectivity index (χ3n) is 4.26. The highest BCUT2D eigenvalue weighted by atomic mass is 16.6. The zero-order chi connectivity index (χ0) is 23.5. The van der Waals surface area contributed by atoms with Crippen LogP contribution >= 0.6 is 0 Å². The lowest BCUT2D eigenvalue weighted by atomic mass is 10.1. The molecule has 0 saturated heterocycles. The minimum absolute atomic E-state index is 0.109. The predicted molar refractivity (Wildman–Crippen MR) is 125 cm³/mol. The highest BCUT2D eigenvalue weighted by molar-refractivity contribution is 6.21. The van der Waals surface area contributed by atoms with E-state index in [1.165, 1.54) is 42.8 Å². The van der Waals surface area contributed by atoms with E-state index in [0.29, 0.717) is 5.56 Å². The lowest BCUT2D eigenvalue weighted by molar-refractivity contribution is -0.384. The molecular formula is C24H19N5O4. The molecule has 0 heterocycles. The van der Waals surface area contributed by atoms with Gasteiger partial charge in [0.05, 0.1) is 17.4 Å². The molecule has 0 spiro atoms. The van der Waals surface area contributed by atoms with Crippen LogP contribution in [0.3, 0.4) is 0 Å². The Balaban J connectivity index is 1.79. The molecule has 164 valence electrons. The van der Waals surface area contributed by atoms with E-state index in [2.05, 4.69) is 21.1 Å². The van der Waals surface area contributed by atoms with Gasteiger partial charge in [-0.1, -0.05) is 60.7 Å². The van der Waals surface area contributed by atoms with Gasteiger partial charge in [0.1, 0.15) is 5.57 Å². The van der Waals surface area contributed by atoms with Gasteiger partial charge in [-0.3, -0.25) is 19.7 Å². The van der Waals surface area contributed by atoms with Crippen molar-refractivity contribution in [2.75, 3.05) is 0 Å². The number of hydrazone groups is 2. The summed E-state index contributed by atoms with van der Waals surface area (Å²) < 4.78 is 0. The number of nitrogens with zero attached hydrogens (tertiary/aromatic N) is 3. The van der Waals surface area contributed by atoms with E-state index in [-0.39, 0.29) is 11.3 Å². The number of nitro groups is 1. The van der Waals surface area contributed by atoms with E-state index < -0.39 is 16.7 Å². The number of nitro benzene ring substituents is 1. The normalized spacial score (nSPS) is 10.7. The maximum Gasteiger partial charge on any atom is 0.277 e. The predicted octanol–water partition coefficient (Wildman–Crippen LogP) is 3.28. The SMILES string of the molecule is O=C(N/N=C\c1ccccc1)C(=Cc1ccc([N+](=O)[O-])cc1)C(=O)N/N=C\c1ccccc1. The zero-order valence-corrected chi connectivity index (χ0v) is 17.3. The van der Waals surface area contributed by atoms with Gasteiger partial charge in [0.25, 0.3) is 17.5 Å². The second-order valence-corrected chi connectivity index (χ2v) is 6.63. The van der Waals surface area contributed by atoms with Crippen LogP contribution in [0.25, 0.3) is 6.08 Å². The van der Waals surface area contributed by atoms with Crippen LogP contribution in [0.1, 0.15) is 16.7 Å². The first-order valence-corrected chi connectivity index (χ1v) is 9.76. The van der Waals surface area contributed by atoms with Crippen molar-refractivity contribution in [1.82, 2.24) is 10.9 Å². The number of hydrogen-bond acceptors (Lipinski definition) is 6. The lowest BCUT2D eigenvalue weighted by Crippen LogP contribution is -2.30. The van der Waals surface area contributed by atoms with Crippen molar-refractivity contribution < 1.29 is 14.5 Å². The van der Waals surface area contributed by atoms with Gasteiger partial charge < -0.3 is 0 Å². The summed E-state index contributed by atoms with van der Waals surface area (Å²) in [7, 11) is 0. The summed E-state index contributed by atoms with van der Waals surface area (Å²) in [6.07, 6.45) is 4.17. The third kappa shape index (κ3) is 7.07. The summed E-state index contributed by atoms with van der Waals surface area (Å²) in [5.74, 6) is -1.54. The first-order valence-electron chi connectivity index (χ1n) is 9.76. The van der Waals surface area contributed by atoms with Gasteiger partial charge in [-0.2, -0.15) is 10.2 Å². The molecule has 33 heavy (non-hydrogen) atoms. The molecule has 2 amide bonds.